The van der Waals surface area contributed by atoms with Crippen LogP contribution in [0.25, 0.3) is 0 Å². The lowest BCUT2D eigenvalue weighted by molar-refractivity contribution is -0.118. The van der Waals surface area contributed by atoms with E-state index in [1.54, 1.807) is 11.8 Å². The molecule has 0 aromatic heterocycles. The molecule has 0 aliphatic rings. The molecular weight excluding hydrogens is 282 g/mol. The van der Waals surface area contributed by atoms with Crippen LogP contribution in [-0.4, -0.2) is 18.8 Å². The fourth-order valence-electron chi connectivity index (χ4n) is 1.84. The Labute approximate surface area is 129 Å². The van der Waals surface area contributed by atoms with Crippen molar-refractivity contribution in [3.63, 3.8) is 0 Å². The van der Waals surface area contributed by atoms with E-state index in [1.165, 1.54) is 10.5 Å². The molecule has 0 saturated carbocycles. The highest BCUT2D eigenvalue weighted by molar-refractivity contribution is 7.98. The van der Waals surface area contributed by atoms with Crippen LogP contribution in [0.5, 0.6) is 5.75 Å². The summed E-state index contributed by atoms with van der Waals surface area (Å²) in [6.07, 6.45) is 2.02. The van der Waals surface area contributed by atoms with E-state index in [-0.39, 0.29) is 12.5 Å². The molecule has 1 N–H and O–H groups in total. The van der Waals surface area contributed by atoms with Crippen LogP contribution in [0.4, 0.5) is 5.69 Å². The number of nitrogens with one attached hydrogen (secondary N) is 1. The number of rotatable bonds is 5. The van der Waals surface area contributed by atoms with Crippen LogP contribution < -0.4 is 10.1 Å². The van der Waals surface area contributed by atoms with Gasteiger partial charge in [0.15, 0.2) is 6.61 Å². The van der Waals surface area contributed by atoms with Gasteiger partial charge in [0.05, 0.1) is 0 Å². The first kappa shape index (κ1) is 15.4. The fraction of sp³-hybridized carbons (Fsp3) is 0.235. The normalized spacial score (nSPS) is 10.2. The number of carbonyl (C=O) groups excluding carboxylic acids is 1. The van der Waals surface area contributed by atoms with Crippen LogP contribution in [0.2, 0.25) is 0 Å². The summed E-state index contributed by atoms with van der Waals surface area (Å²) in [5.41, 5.74) is 3.16. The molecule has 3 nitrogen and oxygen atoms in total. The molecule has 2 aromatic carbocycles. The molecule has 0 fully saturated rings. The van der Waals surface area contributed by atoms with Crippen molar-refractivity contribution in [3.8, 4) is 5.75 Å². The maximum atomic E-state index is 11.9. The highest BCUT2D eigenvalue weighted by atomic mass is 32.2. The number of ether oxygens (including phenoxy) is 1. The molecule has 0 spiro atoms. The first-order valence-corrected chi connectivity index (χ1v) is 7.95. The van der Waals surface area contributed by atoms with Crippen molar-refractivity contribution in [1.82, 2.24) is 0 Å². The van der Waals surface area contributed by atoms with Crippen molar-refractivity contribution in [2.75, 3.05) is 18.2 Å². The van der Waals surface area contributed by atoms with Gasteiger partial charge in [0, 0.05) is 10.6 Å². The molecule has 0 aliphatic heterocycles. The Bertz CT molecular complexity index is 623. The predicted octanol–water partition coefficient (Wildman–Crippen LogP) is 4.04. The number of hydrogen-bond donors (Lipinski definition) is 1. The number of hydrogen-bond acceptors (Lipinski definition) is 3. The molecule has 4 heteroatoms. The molecular formula is C17H19NO2S. The molecule has 0 bridgehead atoms. The van der Waals surface area contributed by atoms with Crippen LogP contribution in [0.3, 0.4) is 0 Å². The summed E-state index contributed by atoms with van der Waals surface area (Å²) in [5, 5.41) is 2.83. The summed E-state index contributed by atoms with van der Waals surface area (Å²) < 4.78 is 5.47. The van der Waals surface area contributed by atoms with Crippen molar-refractivity contribution in [1.29, 1.82) is 0 Å². The van der Waals surface area contributed by atoms with Gasteiger partial charge in [0.1, 0.15) is 5.75 Å². The standard InChI is InChI=1S/C17H19NO2S/c1-12-4-5-14(10-13(12)2)18-17(19)11-20-15-6-8-16(21-3)9-7-15/h4-10H,11H2,1-3H3,(H,18,19). The monoisotopic (exact) mass is 301 g/mol. The zero-order valence-corrected chi connectivity index (χ0v) is 13.3. The molecule has 21 heavy (non-hydrogen) atoms. The van der Waals surface area contributed by atoms with E-state index in [0.717, 1.165) is 11.3 Å². The Balaban J connectivity index is 1.87. The van der Waals surface area contributed by atoms with Gasteiger partial charge < -0.3 is 10.1 Å². The van der Waals surface area contributed by atoms with Gasteiger partial charge in [-0.2, -0.15) is 0 Å². The van der Waals surface area contributed by atoms with Crippen molar-refractivity contribution in [2.24, 2.45) is 0 Å². The van der Waals surface area contributed by atoms with Crippen LogP contribution in [0, 0.1) is 13.8 Å². The van der Waals surface area contributed by atoms with Gasteiger partial charge >= 0.3 is 0 Å². The summed E-state index contributed by atoms with van der Waals surface area (Å²) in [7, 11) is 0. The second kappa shape index (κ2) is 7.18. The number of carbonyl (C=O) groups is 1. The van der Waals surface area contributed by atoms with Crippen molar-refractivity contribution in [2.45, 2.75) is 18.7 Å². The Kier molecular flexibility index (Phi) is 5.28. The molecule has 0 radical (unpaired) electrons. The molecule has 2 rings (SSSR count). The Morgan fingerprint density at radius 1 is 1.10 bits per heavy atom. The number of anilines is 1. The van der Waals surface area contributed by atoms with Gasteiger partial charge in [-0.15, -0.1) is 11.8 Å². The molecule has 1 amide bonds. The minimum atomic E-state index is -0.160. The van der Waals surface area contributed by atoms with Crippen LogP contribution in [-0.2, 0) is 4.79 Å². The Morgan fingerprint density at radius 3 is 2.43 bits per heavy atom. The van der Waals surface area contributed by atoms with Gasteiger partial charge in [-0.1, -0.05) is 6.07 Å². The smallest absolute Gasteiger partial charge is 0.262 e. The summed E-state index contributed by atoms with van der Waals surface area (Å²) in [5.74, 6) is 0.537. The minimum Gasteiger partial charge on any atom is -0.484 e. The number of amides is 1. The van der Waals surface area contributed by atoms with Gasteiger partial charge in [0.2, 0.25) is 0 Å². The van der Waals surface area contributed by atoms with Gasteiger partial charge in [0.25, 0.3) is 5.91 Å². The lowest BCUT2D eigenvalue weighted by Crippen LogP contribution is -2.20. The maximum absolute atomic E-state index is 11.9. The van der Waals surface area contributed by atoms with E-state index in [2.05, 4.69) is 5.32 Å². The Hall–Kier alpha value is -1.94. The van der Waals surface area contributed by atoms with Crippen LogP contribution in [0.1, 0.15) is 11.1 Å². The Morgan fingerprint density at radius 2 is 1.81 bits per heavy atom. The summed E-state index contributed by atoms with van der Waals surface area (Å²) in [6, 6.07) is 13.5. The average Bonchev–Trinajstić information content (AvgIpc) is 2.49. The number of benzene rings is 2. The zero-order chi connectivity index (χ0) is 15.2. The summed E-state index contributed by atoms with van der Waals surface area (Å²) >= 11 is 1.67. The van der Waals surface area contributed by atoms with Gasteiger partial charge in [-0.3, -0.25) is 4.79 Å². The molecule has 0 saturated heterocycles. The lowest BCUT2D eigenvalue weighted by atomic mass is 10.1. The van der Waals surface area contributed by atoms with E-state index in [1.807, 2.05) is 62.6 Å². The first-order valence-electron chi connectivity index (χ1n) is 6.72. The summed E-state index contributed by atoms with van der Waals surface area (Å²) in [6.45, 7) is 4.07. The fourth-order valence-corrected chi connectivity index (χ4v) is 2.25. The van der Waals surface area contributed by atoms with Crippen LogP contribution in [0.15, 0.2) is 47.4 Å². The first-order chi connectivity index (χ1) is 10.1. The van der Waals surface area contributed by atoms with E-state index >= 15 is 0 Å². The van der Waals surface area contributed by atoms with E-state index in [0.29, 0.717) is 5.75 Å². The lowest BCUT2D eigenvalue weighted by Gasteiger charge is -2.09. The molecule has 0 atom stereocenters. The third kappa shape index (κ3) is 4.53. The summed E-state index contributed by atoms with van der Waals surface area (Å²) in [4.78, 5) is 13.0. The minimum absolute atomic E-state index is 0.00549. The quantitative estimate of drug-likeness (QED) is 0.847. The van der Waals surface area contributed by atoms with Crippen molar-refractivity contribution < 1.29 is 9.53 Å². The van der Waals surface area contributed by atoms with Crippen molar-refractivity contribution >= 4 is 23.4 Å². The third-order valence-corrected chi connectivity index (χ3v) is 3.96. The van der Waals surface area contributed by atoms with E-state index in [9.17, 15) is 4.79 Å². The van der Waals surface area contributed by atoms with Gasteiger partial charge in [-0.05, 0) is 67.6 Å². The van der Waals surface area contributed by atoms with E-state index in [4.69, 9.17) is 4.74 Å². The number of thioether (sulfide) groups is 1. The molecule has 0 heterocycles. The van der Waals surface area contributed by atoms with Crippen molar-refractivity contribution in [3.05, 3.63) is 53.6 Å². The maximum Gasteiger partial charge on any atom is 0.262 e. The van der Waals surface area contributed by atoms with E-state index < -0.39 is 0 Å². The topological polar surface area (TPSA) is 38.3 Å². The second-order valence-corrected chi connectivity index (χ2v) is 5.69. The third-order valence-electron chi connectivity index (χ3n) is 3.22. The second-order valence-electron chi connectivity index (χ2n) is 4.81. The molecule has 2 aromatic rings. The largest absolute Gasteiger partial charge is 0.484 e. The van der Waals surface area contributed by atoms with Crippen LogP contribution >= 0.6 is 11.8 Å². The SMILES string of the molecule is CSc1ccc(OCC(=O)Nc2ccc(C)c(C)c2)cc1. The van der Waals surface area contributed by atoms with Gasteiger partial charge in [-0.25, -0.2) is 0 Å². The highest BCUT2D eigenvalue weighted by Gasteiger charge is 2.04. The molecule has 110 valence electrons. The highest BCUT2D eigenvalue weighted by Crippen LogP contribution is 2.19. The average molecular weight is 301 g/mol. The predicted molar refractivity (Wildman–Crippen MR) is 88.3 cm³/mol. The zero-order valence-electron chi connectivity index (χ0n) is 12.5. The number of aryl methyl sites for hydroxylation is 2. The molecule has 0 unspecified atom stereocenters. The molecule has 0 aliphatic carbocycles.